The van der Waals surface area contributed by atoms with Gasteiger partial charge in [0.2, 0.25) is 11.7 Å². The molecule has 0 amide bonds. The molecule has 0 spiro atoms. The summed E-state index contributed by atoms with van der Waals surface area (Å²) in [4.78, 5) is 18.8. The van der Waals surface area contributed by atoms with Gasteiger partial charge in [0.05, 0.1) is 17.0 Å². The van der Waals surface area contributed by atoms with Gasteiger partial charge in [-0.3, -0.25) is 15.0 Å². The molecule has 0 radical (unpaired) electrons. The van der Waals surface area contributed by atoms with E-state index in [9.17, 15) is 23.3 Å². The SMILES string of the molecule is O=[N+]([O-])c1ccc(N2CCN(Cc3nc(-c4cccc(C(F)(F)F)c4)no3)CC2)cc1. The maximum Gasteiger partial charge on any atom is 0.416 e. The molecule has 162 valence electrons. The van der Waals surface area contributed by atoms with Crippen LogP contribution in [0.5, 0.6) is 0 Å². The van der Waals surface area contributed by atoms with Gasteiger partial charge in [0.25, 0.3) is 5.69 Å². The van der Waals surface area contributed by atoms with E-state index in [1.807, 2.05) is 0 Å². The summed E-state index contributed by atoms with van der Waals surface area (Å²) in [5, 5.41) is 14.6. The molecule has 4 rings (SSSR count). The lowest BCUT2D eigenvalue weighted by atomic mass is 10.1. The van der Waals surface area contributed by atoms with Crippen LogP contribution >= 0.6 is 0 Å². The summed E-state index contributed by atoms with van der Waals surface area (Å²) in [6.07, 6.45) is -4.44. The summed E-state index contributed by atoms with van der Waals surface area (Å²) < 4.78 is 43.9. The highest BCUT2D eigenvalue weighted by Crippen LogP contribution is 2.31. The number of nitrogens with zero attached hydrogens (tertiary/aromatic N) is 5. The first-order valence-corrected chi connectivity index (χ1v) is 9.51. The second-order valence-electron chi connectivity index (χ2n) is 7.13. The molecule has 1 aromatic heterocycles. The van der Waals surface area contributed by atoms with Gasteiger partial charge in [0.15, 0.2) is 0 Å². The standard InChI is InChI=1S/C20H18F3N5O3/c21-20(22,23)15-3-1-2-14(12-15)19-24-18(31-25-19)13-26-8-10-27(11-9-26)16-4-6-17(7-5-16)28(29)30/h1-7,12H,8-11,13H2. The molecule has 0 unspecified atom stereocenters. The summed E-state index contributed by atoms with van der Waals surface area (Å²) in [6.45, 7) is 3.23. The first-order valence-electron chi connectivity index (χ1n) is 9.51. The number of rotatable bonds is 5. The van der Waals surface area contributed by atoms with E-state index >= 15 is 0 Å². The van der Waals surface area contributed by atoms with E-state index in [0.29, 0.717) is 38.6 Å². The third-order valence-electron chi connectivity index (χ3n) is 5.07. The van der Waals surface area contributed by atoms with E-state index < -0.39 is 16.7 Å². The molecule has 0 aliphatic carbocycles. The molecule has 8 nitrogen and oxygen atoms in total. The van der Waals surface area contributed by atoms with Gasteiger partial charge in [-0.15, -0.1) is 0 Å². The van der Waals surface area contributed by atoms with E-state index in [4.69, 9.17) is 4.52 Å². The van der Waals surface area contributed by atoms with Crippen LogP contribution in [0.25, 0.3) is 11.4 Å². The summed E-state index contributed by atoms with van der Waals surface area (Å²) in [7, 11) is 0. The van der Waals surface area contributed by atoms with Crippen LogP contribution in [0.3, 0.4) is 0 Å². The topological polar surface area (TPSA) is 88.5 Å². The van der Waals surface area contributed by atoms with Gasteiger partial charge in [-0.2, -0.15) is 18.2 Å². The average molecular weight is 433 g/mol. The quantitative estimate of drug-likeness (QED) is 0.444. The van der Waals surface area contributed by atoms with Crippen molar-refractivity contribution in [2.24, 2.45) is 0 Å². The van der Waals surface area contributed by atoms with Crippen molar-refractivity contribution >= 4 is 11.4 Å². The fourth-order valence-corrected chi connectivity index (χ4v) is 3.41. The minimum absolute atomic E-state index is 0.0513. The van der Waals surface area contributed by atoms with Crippen molar-refractivity contribution in [3.63, 3.8) is 0 Å². The van der Waals surface area contributed by atoms with E-state index in [0.717, 1.165) is 17.8 Å². The Morgan fingerprint density at radius 3 is 2.42 bits per heavy atom. The second kappa shape index (κ2) is 8.34. The van der Waals surface area contributed by atoms with Crippen molar-refractivity contribution in [2.45, 2.75) is 12.7 Å². The number of benzene rings is 2. The summed E-state index contributed by atoms with van der Waals surface area (Å²) >= 11 is 0. The Balaban J connectivity index is 1.35. The van der Waals surface area contributed by atoms with Crippen LogP contribution in [0, 0.1) is 10.1 Å². The number of piperazine rings is 1. The van der Waals surface area contributed by atoms with Gasteiger partial charge in [-0.25, -0.2) is 0 Å². The number of nitro groups is 1. The molecule has 1 fully saturated rings. The second-order valence-corrected chi connectivity index (χ2v) is 7.13. The molecule has 2 aromatic carbocycles. The largest absolute Gasteiger partial charge is 0.416 e. The molecule has 3 aromatic rings. The summed E-state index contributed by atoms with van der Waals surface area (Å²) in [5.41, 5.74) is 0.441. The molecule has 1 aliphatic rings. The number of alkyl halides is 3. The minimum Gasteiger partial charge on any atom is -0.369 e. The first-order chi connectivity index (χ1) is 14.8. The molecule has 1 aliphatic heterocycles. The number of halogens is 3. The van der Waals surface area contributed by atoms with Crippen molar-refractivity contribution in [3.8, 4) is 11.4 Å². The highest BCUT2D eigenvalue weighted by Gasteiger charge is 2.31. The normalized spacial score (nSPS) is 15.3. The van der Waals surface area contributed by atoms with Crippen LogP contribution in [0.1, 0.15) is 11.5 Å². The Hall–Kier alpha value is -3.47. The molecule has 0 N–H and O–H groups in total. The van der Waals surface area contributed by atoms with Crippen molar-refractivity contribution < 1.29 is 22.6 Å². The number of hydrogen-bond donors (Lipinski definition) is 0. The smallest absolute Gasteiger partial charge is 0.369 e. The summed E-state index contributed by atoms with van der Waals surface area (Å²) in [5.74, 6) is 0.446. The van der Waals surface area contributed by atoms with Crippen LogP contribution in [-0.2, 0) is 12.7 Å². The molecular weight excluding hydrogens is 415 g/mol. The van der Waals surface area contributed by atoms with Crippen molar-refractivity contribution in [1.82, 2.24) is 15.0 Å². The predicted molar refractivity (Wildman–Crippen MR) is 105 cm³/mol. The van der Waals surface area contributed by atoms with Gasteiger partial charge in [0.1, 0.15) is 0 Å². The average Bonchev–Trinajstić information content (AvgIpc) is 3.22. The lowest BCUT2D eigenvalue weighted by Gasteiger charge is -2.35. The Labute approximate surface area is 175 Å². The molecule has 0 atom stereocenters. The zero-order valence-corrected chi connectivity index (χ0v) is 16.2. The van der Waals surface area contributed by atoms with E-state index in [1.165, 1.54) is 24.3 Å². The van der Waals surface area contributed by atoms with Crippen molar-refractivity contribution in [1.29, 1.82) is 0 Å². The minimum atomic E-state index is -4.44. The molecule has 2 heterocycles. The molecule has 0 bridgehead atoms. The van der Waals surface area contributed by atoms with E-state index in [1.54, 1.807) is 12.1 Å². The number of anilines is 1. The first kappa shape index (κ1) is 20.8. The maximum absolute atomic E-state index is 12.9. The van der Waals surface area contributed by atoms with Gasteiger partial charge in [0, 0.05) is 49.6 Å². The third kappa shape index (κ3) is 4.82. The highest BCUT2D eigenvalue weighted by atomic mass is 19.4. The number of hydrogen-bond acceptors (Lipinski definition) is 7. The van der Waals surface area contributed by atoms with Gasteiger partial charge in [-0.05, 0) is 24.3 Å². The highest BCUT2D eigenvalue weighted by molar-refractivity contribution is 5.55. The Kier molecular flexibility index (Phi) is 5.59. The van der Waals surface area contributed by atoms with Crippen LogP contribution in [0.15, 0.2) is 53.1 Å². The zero-order chi connectivity index (χ0) is 22.0. The molecule has 1 saturated heterocycles. The van der Waals surface area contributed by atoms with Crippen LogP contribution in [-0.4, -0.2) is 46.1 Å². The monoisotopic (exact) mass is 433 g/mol. The van der Waals surface area contributed by atoms with Crippen LogP contribution in [0.4, 0.5) is 24.5 Å². The third-order valence-corrected chi connectivity index (χ3v) is 5.07. The van der Waals surface area contributed by atoms with E-state index in [2.05, 4.69) is 19.9 Å². The Bertz CT molecular complexity index is 1060. The number of nitro benzene ring substituents is 1. The summed E-state index contributed by atoms with van der Waals surface area (Å²) in [6, 6.07) is 11.2. The molecule has 0 saturated carbocycles. The van der Waals surface area contributed by atoms with Gasteiger partial charge >= 0.3 is 6.18 Å². The predicted octanol–water partition coefficient (Wildman–Crippen LogP) is 3.99. The maximum atomic E-state index is 12.9. The van der Waals surface area contributed by atoms with Crippen molar-refractivity contribution in [3.05, 3.63) is 70.1 Å². The Morgan fingerprint density at radius 1 is 1.06 bits per heavy atom. The number of non-ortho nitro benzene ring substituents is 1. The fraction of sp³-hybridized carbons (Fsp3) is 0.300. The van der Waals surface area contributed by atoms with Crippen LogP contribution < -0.4 is 4.90 Å². The molecular formula is C20H18F3N5O3. The van der Waals surface area contributed by atoms with E-state index in [-0.39, 0.29) is 17.1 Å². The zero-order valence-electron chi connectivity index (χ0n) is 16.2. The van der Waals surface area contributed by atoms with Crippen LogP contribution in [0.2, 0.25) is 0 Å². The lowest BCUT2D eigenvalue weighted by molar-refractivity contribution is -0.384. The fourth-order valence-electron chi connectivity index (χ4n) is 3.41. The van der Waals surface area contributed by atoms with Crippen molar-refractivity contribution in [2.75, 3.05) is 31.1 Å². The molecule has 31 heavy (non-hydrogen) atoms. The molecule has 11 heteroatoms. The van der Waals surface area contributed by atoms with Gasteiger partial charge < -0.3 is 9.42 Å². The lowest BCUT2D eigenvalue weighted by Crippen LogP contribution is -2.46. The Morgan fingerprint density at radius 2 is 1.77 bits per heavy atom. The number of aromatic nitrogens is 2. The van der Waals surface area contributed by atoms with Gasteiger partial charge in [-0.1, -0.05) is 17.3 Å².